The van der Waals surface area contributed by atoms with Crippen LogP contribution in [0.5, 0.6) is 0 Å². The van der Waals surface area contributed by atoms with Gasteiger partial charge in [0, 0.05) is 25.4 Å². The van der Waals surface area contributed by atoms with Crippen LogP contribution < -0.4 is 21.4 Å². The summed E-state index contributed by atoms with van der Waals surface area (Å²) in [6.45, 7) is 5.54. The molecule has 1 aliphatic heterocycles. The number of nitrogens with zero attached hydrogens (tertiary/aromatic N) is 2. The number of nitrogens with one attached hydrogen (secondary N) is 2. The number of hydrazone groups is 1. The molecular weight excluding hydrogens is 485 g/mol. The fourth-order valence-electron chi connectivity index (χ4n) is 2.99. The minimum absolute atomic E-state index is 0.0534. The molecule has 0 saturated carbocycles. The lowest BCUT2D eigenvalue weighted by atomic mass is 10.1. The highest BCUT2D eigenvalue weighted by molar-refractivity contribution is 6.42. The predicted molar refractivity (Wildman–Crippen MR) is 132 cm³/mol. The zero-order chi connectivity index (χ0) is 24.8. The van der Waals surface area contributed by atoms with Crippen LogP contribution in [0.1, 0.15) is 19.8 Å². The van der Waals surface area contributed by atoms with E-state index in [0.29, 0.717) is 75.0 Å². The molecule has 0 spiro atoms. The second-order valence-corrected chi connectivity index (χ2v) is 8.45. The van der Waals surface area contributed by atoms with Gasteiger partial charge in [0.25, 0.3) is 0 Å². The van der Waals surface area contributed by atoms with Crippen LogP contribution in [0.15, 0.2) is 23.3 Å². The highest BCUT2D eigenvalue weighted by Crippen LogP contribution is 2.29. The second-order valence-electron chi connectivity index (χ2n) is 7.63. The summed E-state index contributed by atoms with van der Waals surface area (Å²) in [6, 6.07) is 5.28. The number of halogens is 2. The van der Waals surface area contributed by atoms with Crippen molar-refractivity contribution >= 4 is 46.5 Å². The lowest BCUT2D eigenvalue weighted by Crippen LogP contribution is -2.34. The van der Waals surface area contributed by atoms with Gasteiger partial charge in [0.2, 0.25) is 11.8 Å². The van der Waals surface area contributed by atoms with Crippen LogP contribution in [0.4, 0.5) is 5.69 Å². The van der Waals surface area contributed by atoms with E-state index in [1.165, 1.54) is 0 Å². The molecule has 1 unspecified atom stereocenters. The van der Waals surface area contributed by atoms with Gasteiger partial charge in [-0.3, -0.25) is 14.6 Å². The molecule has 0 radical (unpaired) electrons. The molecule has 34 heavy (non-hydrogen) atoms. The van der Waals surface area contributed by atoms with E-state index in [1.807, 2.05) is 13.0 Å². The lowest BCUT2D eigenvalue weighted by Gasteiger charge is -2.14. The van der Waals surface area contributed by atoms with Crippen molar-refractivity contribution in [2.45, 2.75) is 19.8 Å². The van der Waals surface area contributed by atoms with Gasteiger partial charge in [0.15, 0.2) is 0 Å². The predicted octanol–water partition coefficient (Wildman–Crippen LogP) is 1.78. The Hall–Kier alpha value is -1.95. The van der Waals surface area contributed by atoms with E-state index in [4.69, 9.17) is 43.1 Å². The maximum atomic E-state index is 12.3. The summed E-state index contributed by atoms with van der Waals surface area (Å²) in [7, 11) is 0. The largest absolute Gasteiger partial charge is 0.378 e. The van der Waals surface area contributed by atoms with Crippen molar-refractivity contribution in [3.8, 4) is 0 Å². The number of benzene rings is 1. The molecule has 190 valence electrons. The molecule has 0 aliphatic carbocycles. The van der Waals surface area contributed by atoms with E-state index in [1.54, 1.807) is 17.1 Å². The monoisotopic (exact) mass is 517 g/mol. The van der Waals surface area contributed by atoms with Crippen molar-refractivity contribution in [3.05, 3.63) is 28.2 Å². The Morgan fingerprint density at radius 3 is 2.50 bits per heavy atom. The summed E-state index contributed by atoms with van der Waals surface area (Å²) in [5.41, 5.74) is 6.11. The van der Waals surface area contributed by atoms with Crippen molar-refractivity contribution < 1.29 is 23.8 Å². The summed E-state index contributed by atoms with van der Waals surface area (Å²) in [4.78, 5) is 24.1. The van der Waals surface area contributed by atoms with E-state index in [0.717, 1.165) is 5.69 Å². The van der Waals surface area contributed by atoms with Crippen LogP contribution in [-0.4, -0.2) is 76.9 Å². The molecule has 10 nitrogen and oxygen atoms in total. The Morgan fingerprint density at radius 1 is 1.09 bits per heavy atom. The molecule has 0 fully saturated rings. The summed E-state index contributed by atoms with van der Waals surface area (Å²) in [5, 5.41) is 12.8. The number of rotatable bonds is 15. The SMILES string of the molecule is CC1CN(c2ccc(Cl)c(Cl)c2)N=C1NC(=O)CCCNC(=O)COCCOCCOCCN. The first-order valence-corrected chi connectivity index (χ1v) is 12.0. The maximum Gasteiger partial charge on any atom is 0.245 e. The normalized spacial score (nSPS) is 15.4. The molecule has 0 bridgehead atoms. The highest BCUT2D eigenvalue weighted by Gasteiger charge is 2.25. The number of ether oxygens (including phenoxy) is 3. The van der Waals surface area contributed by atoms with Crippen molar-refractivity contribution in [2.75, 3.05) is 64.3 Å². The van der Waals surface area contributed by atoms with Crippen LogP contribution in [0, 0.1) is 5.92 Å². The van der Waals surface area contributed by atoms with E-state index in [2.05, 4.69) is 15.7 Å². The Balaban J connectivity index is 1.55. The molecule has 1 heterocycles. The average Bonchev–Trinajstić information content (AvgIpc) is 3.17. The van der Waals surface area contributed by atoms with Gasteiger partial charge in [-0.15, -0.1) is 0 Å². The maximum absolute atomic E-state index is 12.3. The number of anilines is 1. The van der Waals surface area contributed by atoms with E-state index in [-0.39, 0.29) is 30.8 Å². The summed E-state index contributed by atoms with van der Waals surface area (Å²) in [5.74, 6) is 0.261. The number of carbonyl (C=O) groups excluding carboxylic acids is 2. The van der Waals surface area contributed by atoms with E-state index < -0.39 is 0 Å². The lowest BCUT2D eigenvalue weighted by molar-refractivity contribution is -0.126. The molecule has 0 aromatic heterocycles. The number of hydrogen-bond donors (Lipinski definition) is 3. The van der Waals surface area contributed by atoms with Gasteiger partial charge in [0.05, 0.1) is 55.3 Å². The Labute approximate surface area is 210 Å². The van der Waals surface area contributed by atoms with Gasteiger partial charge >= 0.3 is 0 Å². The standard InChI is InChI=1S/C22H33Cl2N5O5/c1-16-14-29(17-4-5-18(23)19(24)13-17)28-22(16)27-20(30)3-2-7-26-21(31)15-34-12-11-33-10-9-32-8-6-25/h4-5,13,16H,2-3,6-12,14-15,25H2,1H3,(H,26,31)(H,27,28,30). The molecule has 12 heteroatoms. The smallest absolute Gasteiger partial charge is 0.245 e. The van der Waals surface area contributed by atoms with Gasteiger partial charge in [-0.05, 0) is 24.6 Å². The van der Waals surface area contributed by atoms with Gasteiger partial charge in [-0.2, -0.15) is 5.10 Å². The zero-order valence-electron chi connectivity index (χ0n) is 19.4. The van der Waals surface area contributed by atoms with Crippen LogP contribution in [0.25, 0.3) is 0 Å². The fraction of sp³-hybridized carbons (Fsp3) is 0.591. The molecular formula is C22H33Cl2N5O5. The van der Waals surface area contributed by atoms with Crippen molar-refractivity contribution in [1.29, 1.82) is 0 Å². The third-order valence-corrected chi connectivity index (χ3v) is 5.49. The molecule has 4 N–H and O–H groups in total. The summed E-state index contributed by atoms with van der Waals surface area (Å²) in [6.07, 6.45) is 0.765. The number of amides is 2. The van der Waals surface area contributed by atoms with E-state index >= 15 is 0 Å². The molecule has 1 atom stereocenters. The fourth-order valence-corrected chi connectivity index (χ4v) is 3.29. The highest BCUT2D eigenvalue weighted by atomic mass is 35.5. The molecule has 1 aromatic carbocycles. The van der Waals surface area contributed by atoms with Gasteiger partial charge in [-0.25, -0.2) is 0 Å². The first-order valence-electron chi connectivity index (χ1n) is 11.2. The molecule has 1 aliphatic rings. The molecule has 2 rings (SSSR count). The first-order chi connectivity index (χ1) is 16.4. The third kappa shape index (κ3) is 10.5. The number of hydrogen-bond acceptors (Lipinski definition) is 8. The second kappa shape index (κ2) is 15.9. The molecule has 2 amide bonds. The Bertz CT molecular complexity index is 827. The van der Waals surface area contributed by atoms with Crippen molar-refractivity contribution in [3.63, 3.8) is 0 Å². The van der Waals surface area contributed by atoms with Crippen LogP contribution in [0.3, 0.4) is 0 Å². The Morgan fingerprint density at radius 2 is 1.79 bits per heavy atom. The first kappa shape index (κ1) is 28.3. The van der Waals surface area contributed by atoms with Gasteiger partial charge in [-0.1, -0.05) is 30.1 Å². The van der Waals surface area contributed by atoms with Crippen LogP contribution >= 0.6 is 23.2 Å². The molecule has 0 saturated heterocycles. The number of nitrogens with two attached hydrogens (primary N) is 1. The van der Waals surface area contributed by atoms with Gasteiger partial charge in [0.1, 0.15) is 12.4 Å². The number of amidine groups is 1. The van der Waals surface area contributed by atoms with Crippen molar-refractivity contribution in [2.24, 2.45) is 16.8 Å². The van der Waals surface area contributed by atoms with E-state index in [9.17, 15) is 9.59 Å². The topological polar surface area (TPSA) is 128 Å². The quantitative estimate of drug-likeness (QED) is 0.302. The minimum atomic E-state index is -0.238. The van der Waals surface area contributed by atoms with Crippen LogP contribution in [0.2, 0.25) is 10.0 Å². The zero-order valence-corrected chi connectivity index (χ0v) is 20.9. The summed E-state index contributed by atoms with van der Waals surface area (Å²) >= 11 is 12.0. The average molecular weight is 518 g/mol. The number of carbonyl (C=O) groups is 2. The summed E-state index contributed by atoms with van der Waals surface area (Å²) < 4.78 is 15.7. The van der Waals surface area contributed by atoms with Gasteiger partial charge < -0.3 is 30.6 Å². The third-order valence-electron chi connectivity index (χ3n) is 4.75. The van der Waals surface area contributed by atoms with Crippen molar-refractivity contribution in [1.82, 2.24) is 10.6 Å². The Kier molecular flexibility index (Phi) is 13.2. The molecule has 1 aromatic rings. The minimum Gasteiger partial charge on any atom is -0.378 e. The van der Waals surface area contributed by atoms with Crippen LogP contribution in [-0.2, 0) is 23.8 Å².